The normalized spacial score (nSPS) is 10.2. The van der Waals surface area contributed by atoms with Gasteiger partial charge in [-0.25, -0.2) is 19.2 Å². The first kappa shape index (κ1) is 12.1. The van der Waals surface area contributed by atoms with E-state index in [4.69, 9.17) is 0 Å². The maximum absolute atomic E-state index is 13.6. The number of ether oxygens (including phenoxy) is 1. The highest BCUT2D eigenvalue weighted by molar-refractivity contribution is 5.85. The maximum atomic E-state index is 13.6. The van der Waals surface area contributed by atoms with Gasteiger partial charge in [0.25, 0.3) is 0 Å². The van der Waals surface area contributed by atoms with E-state index >= 15 is 0 Å². The van der Waals surface area contributed by atoms with Gasteiger partial charge in [-0.2, -0.15) is 0 Å². The van der Waals surface area contributed by atoms with E-state index in [2.05, 4.69) is 19.7 Å². The van der Waals surface area contributed by atoms with Gasteiger partial charge < -0.3 is 4.74 Å². The summed E-state index contributed by atoms with van der Waals surface area (Å²) in [6.45, 7) is 1.73. The number of pyridine rings is 1. The van der Waals surface area contributed by atoms with Gasteiger partial charge in [0.05, 0.1) is 19.0 Å². The summed E-state index contributed by atoms with van der Waals surface area (Å²) in [5, 5.41) is 0. The predicted molar refractivity (Wildman–Crippen MR) is 61.3 cm³/mol. The van der Waals surface area contributed by atoms with E-state index in [1.54, 1.807) is 6.92 Å². The van der Waals surface area contributed by atoms with Crippen LogP contribution in [0.15, 0.2) is 24.7 Å². The van der Waals surface area contributed by atoms with Crippen LogP contribution in [0.2, 0.25) is 0 Å². The number of hydrogen-bond donors (Lipinski definition) is 0. The second kappa shape index (κ2) is 4.87. The van der Waals surface area contributed by atoms with Crippen molar-refractivity contribution in [1.29, 1.82) is 0 Å². The Bertz CT molecular complexity index is 602. The van der Waals surface area contributed by atoms with Crippen LogP contribution < -0.4 is 0 Å². The van der Waals surface area contributed by atoms with E-state index in [0.717, 1.165) is 6.20 Å². The summed E-state index contributed by atoms with van der Waals surface area (Å²) in [6, 6.07) is 1.49. The number of hydrogen-bond acceptors (Lipinski definition) is 5. The molecule has 2 heterocycles. The number of halogens is 1. The van der Waals surface area contributed by atoms with Crippen LogP contribution in [-0.2, 0) is 4.74 Å². The monoisotopic (exact) mass is 247 g/mol. The number of carbonyl (C=O) groups excluding carboxylic acids is 1. The Morgan fingerprint density at radius 1 is 1.39 bits per heavy atom. The van der Waals surface area contributed by atoms with Crippen molar-refractivity contribution in [2.45, 2.75) is 6.92 Å². The molecule has 0 aromatic carbocycles. The Hall–Kier alpha value is -2.37. The van der Waals surface area contributed by atoms with E-state index in [-0.39, 0.29) is 11.4 Å². The SMILES string of the molecule is COC(=O)c1ncc(C)c(-c2ccncc2F)n1. The Kier molecular flexibility index (Phi) is 3.27. The minimum atomic E-state index is -0.661. The average Bonchev–Trinajstić information content (AvgIpc) is 2.39. The standard InChI is InChI=1S/C12H10FN3O2/c1-7-5-15-11(12(17)18-2)16-10(7)8-3-4-14-6-9(8)13/h3-6H,1-2H3. The molecule has 18 heavy (non-hydrogen) atoms. The van der Waals surface area contributed by atoms with Gasteiger partial charge in [-0.1, -0.05) is 0 Å². The Morgan fingerprint density at radius 2 is 2.17 bits per heavy atom. The fraction of sp³-hybridized carbons (Fsp3) is 0.167. The topological polar surface area (TPSA) is 65.0 Å². The van der Waals surface area contributed by atoms with Crippen molar-refractivity contribution in [2.24, 2.45) is 0 Å². The molecule has 0 aliphatic heterocycles. The maximum Gasteiger partial charge on any atom is 0.376 e. The van der Waals surface area contributed by atoms with Gasteiger partial charge in [0.15, 0.2) is 5.82 Å². The van der Waals surface area contributed by atoms with E-state index in [1.807, 2.05) is 0 Å². The van der Waals surface area contributed by atoms with Crippen LogP contribution in [-0.4, -0.2) is 28.0 Å². The second-order valence-corrected chi connectivity index (χ2v) is 3.57. The third-order valence-electron chi connectivity index (χ3n) is 2.37. The van der Waals surface area contributed by atoms with Crippen LogP contribution >= 0.6 is 0 Å². The van der Waals surface area contributed by atoms with Crippen LogP contribution in [0.3, 0.4) is 0 Å². The van der Waals surface area contributed by atoms with Crippen molar-refractivity contribution in [3.05, 3.63) is 41.9 Å². The first-order valence-corrected chi connectivity index (χ1v) is 5.15. The van der Waals surface area contributed by atoms with Gasteiger partial charge >= 0.3 is 5.97 Å². The fourth-order valence-corrected chi connectivity index (χ4v) is 1.47. The molecule has 0 bridgehead atoms. The predicted octanol–water partition coefficient (Wildman–Crippen LogP) is 1.77. The van der Waals surface area contributed by atoms with Crippen molar-refractivity contribution < 1.29 is 13.9 Å². The summed E-state index contributed by atoms with van der Waals surface area (Å²) in [6.07, 6.45) is 4.00. The first-order chi connectivity index (χ1) is 8.63. The van der Waals surface area contributed by atoms with Crippen LogP contribution in [0.1, 0.15) is 16.2 Å². The number of aromatic nitrogens is 3. The number of methoxy groups -OCH3 is 1. The molecule has 0 radical (unpaired) electrons. The molecule has 0 aliphatic rings. The quantitative estimate of drug-likeness (QED) is 0.757. The van der Waals surface area contributed by atoms with Gasteiger partial charge in [-0.05, 0) is 18.6 Å². The summed E-state index contributed by atoms with van der Waals surface area (Å²) in [4.78, 5) is 22.9. The minimum Gasteiger partial charge on any atom is -0.463 e. The molecule has 6 heteroatoms. The van der Waals surface area contributed by atoms with E-state index < -0.39 is 11.8 Å². The lowest BCUT2D eigenvalue weighted by Gasteiger charge is -2.06. The Labute approximate surface area is 103 Å². The van der Waals surface area contributed by atoms with E-state index in [0.29, 0.717) is 11.3 Å². The van der Waals surface area contributed by atoms with E-state index in [1.165, 1.54) is 25.6 Å². The highest BCUT2D eigenvalue weighted by Gasteiger charge is 2.15. The summed E-state index contributed by atoms with van der Waals surface area (Å²) < 4.78 is 18.2. The number of carbonyl (C=O) groups is 1. The summed E-state index contributed by atoms with van der Waals surface area (Å²) in [7, 11) is 1.23. The molecule has 0 amide bonds. The van der Waals surface area contributed by atoms with Gasteiger partial charge in [0.1, 0.15) is 0 Å². The molecule has 0 aliphatic carbocycles. The molecule has 0 atom stereocenters. The summed E-state index contributed by atoms with van der Waals surface area (Å²) in [5.41, 5.74) is 1.29. The molecule has 0 spiro atoms. The van der Waals surface area contributed by atoms with Gasteiger partial charge in [-0.3, -0.25) is 4.98 Å². The largest absolute Gasteiger partial charge is 0.463 e. The highest BCUT2D eigenvalue weighted by atomic mass is 19.1. The lowest BCUT2D eigenvalue weighted by Crippen LogP contribution is -2.09. The zero-order valence-electron chi connectivity index (χ0n) is 9.85. The van der Waals surface area contributed by atoms with Gasteiger partial charge in [0.2, 0.25) is 5.82 Å². The lowest BCUT2D eigenvalue weighted by atomic mass is 10.1. The van der Waals surface area contributed by atoms with Crippen LogP contribution in [0.4, 0.5) is 4.39 Å². The van der Waals surface area contributed by atoms with Crippen molar-refractivity contribution >= 4 is 5.97 Å². The smallest absolute Gasteiger partial charge is 0.376 e. The van der Waals surface area contributed by atoms with Crippen molar-refractivity contribution in [2.75, 3.05) is 7.11 Å². The Balaban J connectivity index is 2.57. The van der Waals surface area contributed by atoms with Crippen molar-refractivity contribution in [1.82, 2.24) is 15.0 Å². The minimum absolute atomic E-state index is 0.102. The molecule has 2 aromatic rings. The summed E-state index contributed by atoms with van der Waals surface area (Å²) in [5.74, 6) is -1.27. The molecule has 0 saturated heterocycles. The number of esters is 1. The molecule has 2 aromatic heterocycles. The number of aryl methyl sites for hydroxylation is 1. The Morgan fingerprint density at radius 3 is 2.83 bits per heavy atom. The molecule has 0 saturated carbocycles. The van der Waals surface area contributed by atoms with E-state index in [9.17, 15) is 9.18 Å². The number of nitrogens with zero attached hydrogens (tertiary/aromatic N) is 3. The first-order valence-electron chi connectivity index (χ1n) is 5.15. The second-order valence-electron chi connectivity index (χ2n) is 3.57. The van der Waals surface area contributed by atoms with Crippen molar-refractivity contribution in [3.8, 4) is 11.3 Å². The van der Waals surface area contributed by atoms with Crippen LogP contribution in [0.25, 0.3) is 11.3 Å². The molecule has 2 rings (SSSR count). The third-order valence-corrected chi connectivity index (χ3v) is 2.37. The molecule has 92 valence electrons. The van der Waals surface area contributed by atoms with Crippen LogP contribution in [0.5, 0.6) is 0 Å². The number of rotatable bonds is 2. The lowest BCUT2D eigenvalue weighted by molar-refractivity contribution is 0.0587. The molecule has 0 N–H and O–H groups in total. The third kappa shape index (κ3) is 2.17. The zero-order chi connectivity index (χ0) is 13.1. The molecule has 5 nitrogen and oxygen atoms in total. The average molecular weight is 247 g/mol. The van der Waals surface area contributed by atoms with Gasteiger partial charge in [0, 0.05) is 18.0 Å². The summed E-state index contributed by atoms with van der Waals surface area (Å²) >= 11 is 0. The van der Waals surface area contributed by atoms with Gasteiger partial charge in [-0.15, -0.1) is 0 Å². The fourth-order valence-electron chi connectivity index (χ4n) is 1.47. The zero-order valence-corrected chi connectivity index (χ0v) is 9.85. The highest BCUT2D eigenvalue weighted by Crippen LogP contribution is 2.22. The molecular weight excluding hydrogens is 237 g/mol. The molecular formula is C12H10FN3O2. The molecule has 0 fully saturated rings. The molecule has 0 unspecified atom stereocenters. The van der Waals surface area contributed by atoms with Crippen LogP contribution in [0, 0.1) is 12.7 Å². The van der Waals surface area contributed by atoms with Crippen molar-refractivity contribution in [3.63, 3.8) is 0 Å².